The molecule has 2 aliphatic rings. The quantitative estimate of drug-likeness (QED) is 0.869. The van der Waals surface area contributed by atoms with Gasteiger partial charge in [0, 0.05) is 19.0 Å². The van der Waals surface area contributed by atoms with E-state index < -0.39 is 10.0 Å². The molecule has 6 nitrogen and oxygen atoms in total. The number of nitrogens with zero attached hydrogens (tertiary/aromatic N) is 1. The van der Waals surface area contributed by atoms with Crippen LogP contribution in [0, 0.1) is 5.92 Å². The summed E-state index contributed by atoms with van der Waals surface area (Å²) in [5, 5.41) is 2.89. The molecule has 1 aliphatic heterocycles. The summed E-state index contributed by atoms with van der Waals surface area (Å²) < 4.78 is 32.3. The lowest BCUT2D eigenvalue weighted by Crippen LogP contribution is -2.28. The number of hydrogen-bond donors (Lipinski definition) is 1. The molecule has 1 N–H and O–H groups in total. The molecule has 1 aromatic carbocycles. The van der Waals surface area contributed by atoms with Gasteiger partial charge in [-0.05, 0) is 43.9 Å². The summed E-state index contributed by atoms with van der Waals surface area (Å²) in [5.41, 5.74) is 0.429. The highest BCUT2D eigenvalue weighted by atomic mass is 32.2. The fourth-order valence-electron chi connectivity index (χ4n) is 3.62. The number of carbonyl (C=O) groups excluding carboxylic acids is 1. The smallest absolute Gasteiger partial charge is 0.243 e. The second-order valence-electron chi connectivity index (χ2n) is 6.80. The molecule has 1 saturated heterocycles. The first kappa shape index (κ1) is 18.2. The summed E-state index contributed by atoms with van der Waals surface area (Å²) in [4.78, 5) is 12.7. The predicted molar refractivity (Wildman–Crippen MR) is 96.2 cm³/mol. The third-order valence-corrected chi connectivity index (χ3v) is 7.00. The van der Waals surface area contributed by atoms with E-state index in [1.165, 1.54) is 23.9 Å². The van der Waals surface area contributed by atoms with Crippen molar-refractivity contribution in [1.29, 1.82) is 0 Å². The molecule has 1 aliphatic carbocycles. The zero-order valence-electron chi connectivity index (χ0n) is 14.7. The lowest BCUT2D eigenvalue weighted by molar-refractivity contribution is -0.120. The number of methoxy groups -OCH3 is 1. The topological polar surface area (TPSA) is 75.7 Å². The minimum absolute atomic E-state index is 0.00250. The van der Waals surface area contributed by atoms with E-state index in [0.717, 1.165) is 38.5 Å². The van der Waals surface area contributed by atoms with Crippen LogP contribution < -0.4 is 10.1 Å². The second-order valence-corrected chi connectivity index (χ2v) is 8.74. The Hall–Kier alpha value is -1.60. The first-order valence-electron chi connectivity index (χ1n) is 9.01. The van der Waals surface area contributed by atoms with E-state index in [-0.39, 0.29) is 16.7 Å². The summed E-state index contributed by atoms with van der Waals surface area (Å²) in [6.07, 6.45) is 6.87. The average molecular weight is 366 g/mol. The van der Waals surface area contributed by atoms with Crippen molar-refractivity contribution in [2.24, 2.45) is 5.92 Å². The number of carbonyl (C=O) groups is 1. The molecule has 3 rings (SSSR count). The molecule has 7 heteroatoms. The number of benzene rings is 1. The van der Waals surface area contributed by atoms with Crippen LogP contribution in [-0.2, 0) is 14.8 Å². The molecular weight excluding hydrogens is 340 g/mol. The van der Waals surface area contributed by atoms with Gasteiger partial charge in [0.1, 0.15) is 5.75 Å². The molecule has 0 radical (unpaired) electrons. The minimum Gasteiger partial charge on any atom is -0.495 e. The van der Waals surface area contributed by atoms with Crippen molar-refractivity contribution in [3.8, 4) is 5.75 Å². The fraction of sp³-hybridized carbons (Fsp3) is 0.611. The first-order valence-corrected chi connectivity index (χ1v) is 10.5. The normalized spacial score (nSPS) is 19.7. The monoisotopic (exact) mass is 366 g/mol. The molecule has 1 heterocycles. The summed E-state index contributed by atoms with van der Waals surface area (Å²) in [5.74, 6) is 0.426. The number of rotatable bonds is 5. The van der Waals surface area contributed by atoms with Crippen molar-refractivity contribution in [2.75, 3.05) is 25.5 Å². The van der Waals surface area contributed by atoms with Crippen LogP contribution in [0.4, 0.5) is 5.69 Å². The highest BCUT2D eigenvalue weighted by Crippen LogP contribution is 2.32. The number of anilines is 1. The van der Waals surface area contributed by atoms with E-state index in [2.05, 4.69) is 5.32 Å². The van der Waals surface area contributed by atoms with E-state index >= 15 is 0 Å². The molecule has 0 atom stereocenters. The SMILES string of the molecule is COc1ccc(S(=O)(=O)N2CCCC2)cc1NC(=O)C1CCCCC1. The standard InChI is InChI=1S/C18H26N2O4S/c1-24-17-10-9-15(25(22,23)20-11-5-6-12-20)13-16(17)19-18(21)14-7-3-2-4-8-14/h9-10,13-14H,2-8,11-12H2,1H3,(H,19,21). The Bertz CT molecular complexity index is 721. The lowest BCUT2D eigenvalue weighted by Gasteiger charge is -2.22. The predicted octanol–water partition coefficient (Wildman–Crippen LogP) is 3.00. The number of ether oxygens (including phenoxy) is 1. The Labute approximate surface area is 149 Å². The van der Waals surface area contributed by atoms with Gasteiger partial charge in [0.2, 0.25) is 15.9 Å². The van der Waals surface area contributed by atoms with Crippen LogP contribution in [0.15, 0.2) is 23.1 Å². The summed E-state index contributed by atoms with van der Waals surface area (Å²) in [7, 11) is -2.01. The van der Waals surface area contributed by atoms with Gasteiger partial charge >= 0.3 is 0 Å². The van der Waals surface area contributed by atoms with Gasteiger partial charge in [0.25, 0.3) is 0 Å². The number of sulfonamides is 1. The Morgan fingerprint density at radius 2 is 1.80 bits per heavy atom. The molecule has 0 unspecified atom stereocenters. The zero-order valence-corrected chi connectivity index (χ0v) is 15.5. The average Bonchev–Trinajstić information content (AvgIpc) is 3.18. The van der Waals surface area contributed by atoms with Gasteiger partial charge in [-0.2, -0.15) is 4.31 Å². The van der Waals surface area contributed by atoms with Crippen molar-refractivity contribution < 1.29 is 17.9 Å². The highest BCUT2D eigenvalue weighted by molar-refractivity contribution is 7.89. The molecule has 0 bridgehead atoms. The third-order valence-electron chi connectivity index (χ3n) is 5.11. The van der Waals surface area contributed by atoms with Crippen molar-refractivity contribution in [3.05, 3.63) is 18.2 Å². The molecule has 0 spiro atoms. The number of hydrogen-bond acceptors (Lipinski definition) is 4. The Morgan fingerprint density at radius 1 is 1.12 bits per heavy atom. The molecule has 25 heavy (non-hydrogen) atoms. The van der Waals surface area contributed by atoms with E-state index in [0.29, 0.717) is 24.5 Å². The summed E-state index contributed by atoms with van der Waals surface area (Å²) in [6, 6.07) is 4.68. The van der Waals surface area contributed by atoms with Gasteiger partial charge in [0.15, 0.2) is 0 Å². The summed E-state index contributed by atoms with van der Waals surface area (Å²) >= 11 is 0. The van der Waals surface area contributed by atoms with Gasteiger partial charge in [-0.1, -0.05) is 19.3 Å². The largest absolute Gasteiger partial charge is 0.495 e. The van der Waals surface area contributed by atoms with Gasteiger partial charge < -0.3 is 10.1 Å². The Balaban J connectivity index is 1.83. The zero-order chi connectivity index (χ0) is 17.9. The minimum atomic E-state index is -3.52. The van der Waals surface area contributed by atoms with Crippen LogP contribution in [0.25, 0.3) is 0 Å². The molecule has 0 aromatic heterocycles. The molecule has 1 amide bonds. The van der Waals surface area contributed by atoms with Crippen molar-refractivity contribution >= 4 is 21.6 Å². The van der Waals surface area contributed by atoms with Crippen LogP contribution in [-0.4, -0.2) is 38.8 Å². The van der Waals surface area contributed by atoms with Gasteiger partial charge in [-0.25, -0.2) is 8.42 Å². The fourth-order valence-corrected chi connectivity index (χ4v) is 5.17. The highest BCUT2D eigenvalue weighted by Gasteiger charge is 2.28. The third kappa shape index (κ3) is 3.98. The van der Waals surface area contributed by atoms with E-state index in [1.54, 1.807) is 12.1 Å². The second kappa shape index (κ2) is 7.74. The van der Waals surface area contributed by atoms with Crippen LogP contribution in [0.3, 0.4) is 0 Å². The van der Waals surface area contributed by atoms with E-state index in [9.17, 15) is 13.2 Å². The van der Waals surface area contributed by atoms with E-state index in [1.807, 2.05) is 0 Å². The maximum atomic E-state index is 12.7. The number of amides is 1. The van der Waals surface area contributed by atoms with Gasteiger partial charge in [-0.15, -0.1) is 0 Å². The van der Waals surface area contributed by atoms with E-state index in [4.69, 9.17) is 4.74 Å². The Morgan fingerprint density at radius 3 is 2.44 bits per heavy atom. The van der Waals surface area contributed by atoms with Gasteiger partial charge in [0.05, 0.1) is 17.7 Å². The lowest BCUT2D eigenvalue weighted by atomic mass is 9.88. The first-order chi connectivity index (χ1) is 12.0. The maximum Gasteiger partial charge on any atom is 0.243 e. The van der Waals surface area contributed by atoms with Crippen LogP contribution >= 0.6 is 0 Å². The van der Waals surface area contributed by atoms with Gasteiger partial charge in [-0.3, -0.25) is 4.79 Å². The molecular formula is C18H26N2O4S. The number of nitrogens with one attached hydrogen (secondary N) is 1. The molecule has 138 valence electrons. The Kier molecular flexibility index (Phi) is 5.64. The van der Waals surface area contributed by atoms with Crippen molar-refractivity contribution in [2.45, 2.75) is 49.8 Å². The van der Waals surface area contributed by atoms with Crippen molar-refractivity contribution in [1.82, 2.24) is 4.31 Å². The van der Waals surface area contributed by atoms with Crippen molar-refractivity contribution in [3.63, 3.8) is 0 Å². The van der Waals surface area contributed by atoms with Crippen LogP contribution in [0.2, 0.25) is 0 Å². The molecule has 1 saturated carbocycles. The summed E-state index contributed by atoms with van der Waals surface area (Å²) in [6.45, 7) is 1.11. The molecule has 1 aromatic rings. The van der Waals surface area contributed by atoms with Crippen LogP contribution in [0.1, 0.15) is 44.9 Å². The maximum absolute atomic E-state index is 12.7. The van der Waals surface area contributed by atoms with Crippen LogP contribution in [0.5, 0.6) is 5.75 Å². The molecule has 2 fully saturated rings.